The molecule has 0 saturated carbocycles. The van der Waals surface area contributed by atoms with Crippen LogP contribution in [0.3, 0.4) is 0 Å². The van der Waals surface area contributed by atoms with E-state index in [-0.39, 0.29) is 0 Å². The van der Waals surface area contributed by atoms with E-state index in [0.717, 1.165) is 0 Å². The largest absolute Gasteiger partial charge is 0.467 e. The lowest BCUT2D eigenvalue weighted by molar-refractivity contribution is -0.170. The number of methoxy groups -OCH3 is 1. The zero-order valence-electron chi connectivity index (χ0n) is 12.7. The van der Waals surface area contributed by atoms with Crippen LogP contribution in [-0.4, -0.2) is 30.9 Å². The Bertz CT molecular complexity index is 555. The van der Waals surface area contributed by atoms with Crippen LogP contribution in [0.2, 0.25) is 0 Å². The Hall–Kier alpha value is -2.17. The van der Waals surface area contributed by atoms with Crippen molar-refractivity contribution in [2.24, 2.45) is 0 Å². The molecule has 0 aliphatic rings. The molecule has 0 aliphatic carbocycles. The summed E-state index contributed by atoms with van der Waals surface area (Å²) in [5.41, 5.74) is 0.0894. The number of esters is 1. The van der Waals surface area contributed by atoms with E-state index in [4.69, 9.17) is 9.47 Å². The highest BCUT2D eigenvalue weighted by atomic mass is 16.6. The molecule has 1 atom stereocenters. The fourth-order valence-corrected chi connectivity index (χ4v) is 2.60. The van der Waals surface area contributed by atoms with Crippen LogP contribution in [0.5, 0.6) is 0 Å². The predicted octanol–water partition coefficient (Wildman–Crippen LogP) is 2.50. The van der Waals surface area contributed by atoms with Crippen LogP contribution in [0.25, 0.3) is 0 Å². The van der Waals surface area contributed by atoms with Gasteiger partial charge in [0.15, 0.2) is 11.7 Å². The van der Waals surface area contributed by atoms with Crippen LogP contribution in [0.4, 0.5) is 0 Å². The fraction of sp³-hybridized carbons (Fsp3) is 0.278. The third kappa shape index (κ3) is 2.89. The molecule has 0 aliphatic heterocycles. The quantitative estimate of drug-likeness (QED) is 0.833. The maximum absolute atomic E-state index is 12.0. The van der Waals surface area contributed by atoms with Crippen molar-refractivity contribution in [3.8, 4) is 0 Å². The van der Waals surface area contributed by atoms with Gasteiger partial charge in [0.25, 0.3) is 0 Å². The lowest BCUT2D eigenvalue weighted by Gasteiger charge is -2.37. The van der Waals surface area contributed by atoms with Crippen LogP contribution < -0.4 is 0 Å². The second-order valence-electron chi connectivity index (χ2n) is 4.83. The van der Waals surface area contributed by atoms with Crippen molar-refractivity contribution < 1.29 is 19.4 Å². The van der Waals surface area contributed by atoms with E-state index in [2.05, 4.69) is 0 Å². The summed E-state index contributed by atoms with van der Waals surface area (Å²) in [6.45, 7) is 2.16. The number of hydrogen-bond acceptors (Lipinski definition) is 4. The van der Waals surface area contributed by atoms with Crippen LogP contribution in [-0.2, 0) is 19.9 Å². The normalized spacial score (nSPS) is 12.7. The Labute approximate surface area is 130 Å². The SMILES string of the molecule is CCOC(c1ccccc1)(c1ccccc1)C(O)C(=O)OC. The average molecular weight is 300 g/mol. The van der Waals surface area contributed by atoms with Crippen molar-refractivity contribution in [1.29, 1.82) is 0 Å². The summed E-state index contributed by atoms with van der Waals surface area (Å²) in [6, 6.07) is 18.4. The number of hydrogen-bond donors (Lipinski definition) is 1. The average Bonchev–Trinajstić information content (AvgIpc) is 2.60. The van der Waals surface area contributed by atoms with Gasteiger partial charge < -0.3 is 14.6 Å². The molecule has 1 N–H and O–H groups in total. The second kappa shape index (κ2) is 7.20. The lowest BCUT2D eigenvalue weighted by Crippen LogP contribution is -2.48. The van der Waals surface area contributed by atoms with Gasteiger partial charge in [-0.15, -0.1) is 0 Å². The van der Waals surface area contributed by atoms with E-state index in [1.54, 1.807) is 0 Å². The molecular weight excluding hydrogens is 280 g/mol. The smallest absolute Gasteiger partial charge is 0.338 e. The second-order valence-corrected chi connectivity index (χ2v) is 4.83. The predicted molar refractivity (Wildman–Crippen MR) is 83.3 cm³/mol. The van der Waals surface area contributed by atoms with Gasteiger partial charge in [-0.2, -0.15) is 0 Å². The molecule has 2 aromatic carbocycles. The van der Waals surface area contributed by atoms with Crippen molar-refractivity contribution in [2.75, 3.05) is 13.7 Å². The third-order valence-electron chi connectivity index (χ3n) is 3.59. The van der Waals surface area contributed by atoms with Crippen LogP contribution in [0.1, 0.15) is 18.1 Å². The number of ether oxygens (including phenoxy) is 2. The van der Waals surface area contributed by atoms with Crippen LogP contribution in [0, 0.1) is 0 Å². The first-order chi connectivity index (χ1) is 10.7. The van der Waals surface area contributed by atoms with Crippen LogP contribution >= 0.6 is 0 Å². The number of aliphatic hydroxyl groups is 1. The molecule has 0 fully saturated rings. The van der Waals surface area contributed by atoms with E-state index in [9.17, 15) is 9.90 Å². The van der Waals surface area contributed by atoms with Gasteiger partial charge in [0.2, 0.25) is 0 Å². The summed E-state index contributed by atoms with van der Waals surface area (Å²) in [6.07, 6.45) is -1.47. The van der Waals surface area contributed by atoms with Crippen molar-refractivity contribution in [2.45, 2.75) is 18.6 Å². The lowest BCUT2D eigenvalue weighted by atomic mass is 9.81. The molecule has 22 heavy (non-hydrogen) atoms. The zero-order chi connectivity index (χ0) is 16.0. The van der Waals surface area contributed by atoms with Gasteiger partial charge in [0.1, 0.15) is 0 Å². The van der Waals surface area contributed by atoms with Gasteiger partial charge in [0.05, 0.1) is 7.11 Å². The number of aliphatic hydroxyl groups excluding tert-OH is 1. The molecule has 0 saturated heterocycles. The van der Waals surface area contributed by atoms with Crippen LogP contribution in [0.15, 0.2) is 60.7 Å². The first-order valence-electron chi connectivity index (χ1n) is 7.17. The fourth-order valence-electron chi connectivity index (χ4n) is 2.60. The molecule has 116 valence electrons. The summed E-state index contributed by atoms with van der Waals surface area (Å²) >= 11 is 0. The highest BCUT2D eigenvalue weighted by Crippen LogP contribution is 2.37. The van der Waals surface area contributed by atoms with E-state index in [1.165, 1.54) is 7.11 Å². The summed E-state index contributed by atoms with van der Waals surface area (Å²) in [4.78, 5) is 12.0. The Kier molecular flexibility index (Phi) is 5.31. The Balaban J connectivity index is 2.67. The number of carbonyl (C=O) groups is 1. The topological polar surface area (TPSA) is 55.8 Å². The Morgan fingerprint density at radius 1 is 1.05 bits per heavy atom. The minimum atomic E-state index is -1.47. The maximum Gasteiger partial charge on any atom is 0.338 e. The molecule has 1 unspecified atom stereocenters. The molecule has 2 rings (SSSR count). The molecule has 0 spiro atoms. The number of benzene rings is 2. The first kappa shape index (κ1) is 16.2. The van der Waals surface area contributed by atoms with Gasteiger partial charge in [-0.25, -0.2) is 4.79 Å². The molecule has 4 heteroatoms. The summed E-state index contributed by atoms with van der Waals surface area (Å²) in [5.74, 6) is -0.735. The molecular formula is C18H20O4. The molecule has 0 bridgehead atoms. The van der Waals surface area contributed by atoms with Crippen molar-refractivity contribution in [1.82, 2.24) is 0 Å². The van der Waals surface area contributed by atoms with E-state index in [0.29, 0.717) is 17.7 Å². The van der Waals surface area contributed by atoms with Gasteiger partial charge in [-0.1, -0.05) is 60.7 Å². The van der Waals surface area contributed by atoms with Crippen molar-refractivity contribution in [3.63, 3.8) is 0 Å². The third-order valence-corrected chi connectivity index (χ3v) is 3.59. The summed E-state index contributed by atoms with van der Waals surface area (Å²) < 4.78 is 10.7. The monoisotopic (exact) mass is 300 g/mol. The molecule has 0 radical (unpaired) electrons. The van der Waals surface area contributed by atoms with Crippen molar-refractivity contribution in [3.05, 3.63) is 71.8 Å². The molecule has 0 heterocycles. The first-order valence-corrected chi connectivity index (χ1v) is 7.17. The van der Waals surface area contributed by atoms with Gasteiger partial charge in [-0.3, -0.25) is 0 Å². The Morgan fingerprint density at radius 3 is 1.86 bits per heavy atom. The molecule has 4 nitrogen and oxygen atoms in total. The van der Waals surface area contributed by atoms with E-state index >= 15 is 0 Å². The zero-order valence-corrected chi connectivity index (χ0v) is 12.7. The van der Waals surface area contributed by atoms with E-state index in [1.807, 2.05) is 67.6 Å². The Morgan fingerprint density at radius 2 is 1.50 bits per heavy atom. The van der Waals surface area contributed by atoms with E-state index < -0.39 is 17.7 Å². The minimum absolute atomic E-state index is 0.331. The highest BCUT2D eigenvalue weighted by Gasteiger charge is 2.47. The maximum atomic E-state index is 12.0. The number of carbonyl (C=O) groups excluding carboxylic acids is 1. The summed E-state index contributed by atoms with van der Waals surface area (Å²) in [7, 11) is 1.25. The molecule has 0 amide bonds. The molecule has 2 aromatic rings. The minimum Gasteiger partial charge on any atom is -0.467 e. The number of rotatable bonds is 6. The van der Waals surface area contributed by atoms with Crippen molar-refractivity contribution >= 4 is 5.97 Å². The van der Waals surface area contributed by atoms with Gasteiger partial charge >= 0.3 is 5.97 Å². The molecule has 0 aromatic heterocycles. The standard InChI is InChI=1S/C18H20O4/c1-3-22-18(16(19)17(20)21-2,14-10-6-4-7-11-14)15-12-8-5-9-13-15/h4-13,16,19H,3H2,1-2H3. The van der Waals surface area contributed by atoms with Gasteiger partial charge in [-0.05, 0) is 18.1 Å². The summed E-state index contributed by atoms with van der Waals surface area (Å²) in [5, 5.41) is 10.7. The highest BCUT2D eigenvalue weighted by molar-refractivity contribution is 5.77. The van der Waals surface area contributed by atoms with Gasteiger partial charge in [0, 0.05) is 6.61 Å².